The lowest BCUT2D eigenvalue weighted by molar-refractivity contribution is 0.159. The first-order chi connectivity index (χ1) is 9.25. The molecule has 19 heavy (non-hydrogen) atoms. The second-order valence-electron chi connectivity index (χ2n) is 5.64. The molecule has 2 rings (SSSR count). The average Bonchev–Trinajstić information content (AvgIpc) is 2.45. The van der Waals surface area contributed by atoms with Crippen molar-refractivity contribution in [3.63, 3.8) is 0 Å². The molecule has 3 nitrogen and oxygen atoms in total. The van der Waals surface area contributed by atoms with Crippen LogP contribution < -0.4 is 5.32 Å². The fraction of sp³-hybridized carbons (Fsp3) is 0.625. The first-order valence-electron chi connectivity index (χ1n) is 7.47. The van der Waals surface area contributed by atoms with Crippen molar-refractivity contribution in [1.82, 2.24) is 15.1 Å². The molecule has 0 aromatic heterocycles. The summed E-state index contributed by atoms with van der Waals surface area (Å²) in [5.41, 5.74) is 1.41. The molecule has 0 saturated carbocycles. The molecule has 1 fully saturated rings. The van der Waals surface area contributed by atoms with Crippen LogP contribution in [0.25, 0.3) is 0 Å². The number of hydrogen-bond acceptors (Lipinski definition) is 3. The number of nitrogens with one attached hydrogen (secondary N) is 1. The molecular formula is C16H27N3. The smallest absolute Gasteiger partial charge is 0.0236 e. The van der Waals surface area contributed by atoms with Crippen LogP contribution >= 0.6 is 0 Å². The number of piperazine rings is 1. The highest BCUT2D eigenvalue weighted by atomic mass is 15.2. The third kappa shape index (κ3) is 4.94. The summed E-state index contributed by atoms with van der Waals surface area (Å²) in [6, 6.07) is 11.4. The number of rotatable bonds is 6. The van der Waals surface area contributed by atoms with E-state index in [0.717, 1.165) is 26.2 Å². The van der Waals surface area contributed by atoms with Crippen molar-refractivity contribution in [2.24, 2.45) is 0 Å². The van der Waals surface area contributed by atoms with Gasteiger partial charge in [0, 0.05) is 51.9 Å². The van der Waals surface area contributed by atoms with E-state index in [4.69, 9.17) is 0 Å². The summed E-state index contributed by atoms with van der Waals surface area (Å²) in [6.07, 6.45) is 0. The van der Waals surface area contributed by atoms with E-state index in [0.29, 0.717) is 6.04 Å². The lowest BCUT2D eigenvalue weighted by atomic mass is 10.2. The Kier molecular flexibility index (Phi) is 5.83. The second-order valence-corrected chi connectivity index (χ2v) is 5.64. The van der Waals surface area contributed by atoms with Gasteiger partial charge in [-0.3, -0.25) is 9.80 Å². The molecule has 0 amide bonds. The molecule has 0 spiro atoms. The fourth-order valence-corrected chi connectivity index (χ4v) is 2.54. The van der Waals surface area contributed by atoms with E-state index in [2.05, 4.69) is 59.3 Å². The first kappa shape index (κ1) is 14.5. The molecule has 1 heterocycles. The van der Waals surface area contributed by atoms with Gasteiger partial charge in [-0.1, -0.05) is 30.3 Å². The van der Waals surface area contributed by atoms with Crippen LogP contribution in [0.3, 0.4) is 0 Å². The third-order valence-corrected chi connectivity index (χ3v) is 3.87. The molecule has 106 valence electrons. The quantitative estimate of drug-likeness (QED) is 0.842. The van der Waals surface area contributed by atoms with Crippen molar-refractivity contribution in [2.45, 2.75) is 26.4 Å². The number of hydrogen-bond donors (Lipinski definition) is 1. The summed E-state index contributed by atoms with van der Waals surface area (Å²) in [5.74, 6) is 0. The Labute approximate surface area is 117 Å². The van der Waals surface area contributed by atoms with Crippen molar-refractivity contribution in [2.75, 3.05) is 39.3 Å². The summed E-state index contributed by atoms with van der Waals surface area (Å²) in [4.78, 5) is 5.13. The number of benzene rings is 1. The summed E-state index contributed by atoms with van der Waals surface area (Å²) in [6.45, 7) is 12.7. The van der Waals surface area contributed by atoms with Gasteiger partial charge >= 0.3 is 0 Å². The van der Waals surface area contributed by atoms with Crippen LogP contribution in [0.4, 0.5) is 0 Å². The van der Waals surface area contributed by atoms with E-state index in [1.807, 2.05) is 0 Å². The zero-order valence-corrected chi connectivity index (χ0v) is 12.3. The lowest BCUT2D eigenvalue weighted by Gasteiger charge is -2.32. The average molecular weight is 261 g/mol. The van der Waals surface area contributed by atoms with Crippen LogP contribution in [-0.2, 0) is 6.54 Å². The second kappa shape index (κ2) is 7.63. The highest BCUT2D eigenvalue weighted by molar-refractivity contribution is 5.14. The Hall–Kier alpha value is -0.900. The van der Waals surface area contributed by atoms with Gasteiger partial charge in [0.15, 0.2) is 0 Å². The summed E-state index contributed by atoms with van der Waals surface area (Å²) < 4.78 is 0. The molecule has 1 N–H and O–H groups in total. The molecular weight excluding hydrogens is 234 g/mol. The monoisotopic (exact) mass is 261 g/mol. The van der Waals surface area contributed by atoms with Crippen molar-refractivity contribution < 1.29 is 0 Å². The van der Waals surface area contributed by atoms with Crippen LogP contribution in [0.5, 0.6) is 0 Å². The fourth-order valence-electron chi connectivity index (χ4n) is 2.54. The van der Waals surface area contributed by atoms with E-state index in [9.17, 15) is 0 Å². The van der Waals surface area contributed by atoms with Gasteiger partial charge in [-0.25, -0.2) is 0 Å². The minimum absolute atomic E-state index is 0.600. The summed E-state index contributed by atoms with van der Waals surface area (Å²) >= 11 is 0. The molecule has 1 saturated heterocycles. The van der Waals surface area contributed by atoms with Crippen molar-refractivity contribution in [1.29, 1.82) is 0 Å². The van der Waals surface area contributed by atoms with E-state index in [1.165, 1.54) is 25.2 Å². The normalized spacial score (nSPS) is 17.3. The Morgan fingerprint density at radius 1 is 1.16 bits per heavy atom. The highest BCUT2D eigenvalue weighted by Gasteiger charge is 2.14. The van der Waals surface area contributed by atoms with Crippen molar-refractivity contribution >= 4 is 0 Å². The van der Waals surface area contributed by atoms with Crippen LogP contribution in [0.1, 0.15) is 19.4 Å². The van der Waals surface area contributed by atoms with E-state index in [1.54, 1.807) is 0 Å². The zero-order chi connectivity index (χ0) is 13.5. The van der Waals surface area contributed by atoms with Gasteiger partial charge < -0.3 is 5.32 Å². The van der Waals surface area contributed by atoms with Gasteiger partial charge in [-0.05, 0) is 19.4 Å². The molecule has 1 aromatic carbocycles. The molecule has 3 heteroatoms. The van der Waals surface area contributed by atoms with Crippen LogP contribution in [0, 0.1) is 0 Å². The summed E-state index contributed by atoms with van der Waals surface area (Å²) in [7, 11) is 0. The maximum Gasteiger partial charge on any atom is 0.0236 e. The minimum atomic E-state index is 0.600. The third-order valence-electron chi connectivity index (χ3n) is 3.87. The van der Waals surface area contributed by atoms with Gasteiger partial charge in [0.2, 0.25) is 0 Å². The van der Waals surface area contributed by atoms with Crippen molar-refractivity contribution in [3.05, 3.63) is 35.9 Å². The van der Waals surface area contributed by atoms with Crippen molar-refractivity contribution in [3.8, 4) is 0 Å². The topological polar surface area (TPSA) is 18.5 Å². The largest absolute Gasteiger partial charge is 0.314 e. The Morgan fingerprint density at radius 3 is 2.47 bits per heavy atom. The Morgan fingerprint density at radius 2 is 1.84 bits per heavy atom. The first-order valence-corrected chi connectivity index (χ1v) is 7.47. The SMILES string of the molecule is CC(C)N(CCN1CCNCC1)Cc1ccccc1. The molecule has 0 aliphatic carbocycles. The Balaban J connectivity index is 1.82. The predicted octanol–water partition coefficient (Wildman–Crippen LogP) is 1.80. The molecule has 0 bridgehead atoms. The van der Waals surface area contributed by atoms with Gasteiger partial charge in [0.25, 0.3) is 0 Å². The molecule has 0 radical (unpaired) electrons. The number of nitrogens with zero attached hydrogens (tertiary/aromatic N) is 2. The maximum atomic E-state index is 3.41. The van der Waals surface area contributed by atoms with Gasteiger partial charge in [0.1, 0.15) is 0 Å². The molecule has 0 atom stereocenters. The van der Waals surface area contributed by atoms with Crippen LogP contribution in [0.2, 0.25) is 0 Å². The van der Waals surface area contributed by atoms with E-state index < -0.39 is 0 Å². The Bertz CT molecular complexity index is 344. The lowest BCUT2D eigenvalue weighted by Crippen LogP contribution is -2.47. The molecule has 1 aliphatic rings. The minimum Gasteiger partial charge on any atom is -0.314 e. The van der Waals surface area contributed by atoms with Gasteiger partial charge in [-0.2, -0.15) is 0 Å². The van der Waals surface area contributed by atoms with Crippen LogP contribution in [0.15, 0.2) is 30.3 Å². The van der Waals surface area contributed by atoms with E-state index in [-0.39, 0.29) is 0 Å². The van der Waals surface area contributed by atoms with E-state index >= 15 is 0 Å². The van der Waals surface area contributed by atoms with Crippen LogP contribution in [-0.4, -0.2) is 55.1 Å². The van der Waals surface area contributed by atoms with Gasteiger partial charge in [0.05, 0.1) is 0 Å². The predicted molar refractivity (Wildman–Crippen MR) is 81.3 cm³/mol. The maximum absolute atomic E-state index is 3.41. The molecule has 0 unspecified atom stereocenters. The highest BCUT2D eigenvalue weighted by Crippen LogP contribution is 2.08. The molecule has 1 aromatic rings. The standard InChI is InChI=1S/C16H27N3/c1-15(2)19(14-16-6-4-3-5-7-16)13-12-18-10-8-17-9-11-18/h3-7,15,17H,8-14H2,1-2H3. The molecule has 1 aliphatic heterocycles. The van der Waals surface area contributed by atoms with Gasteiger partial charge in [-0.15, -0.1) is 0 Å². The summed E-state index contributed by atoms with van der Waals surface area (Å²) in [5, 5.41) is 3.41. The zero-order valence-electron chi connectivity index (χ0n) is 12.3.